The van der Waals surface area contributed by atoms with Crippen molar-refractivity contribution in [1.82, 2.24) is 14.8 Å². The number of aliphatic imine (C=N–C) groups is 1. The summed E-state index contributed by atoms with van der Waals surface area (Å²) in [5, 5.41) is 0. The van der Waals surface area contributed by atoms with Crippen LogP contribution in [-0.2, 0) is 0 Å². The lowest BCUT2D eigenvalue weighted by atomic mass is 10.1. The van der Waals surface area contributed by atoms with Crippen LogP contribution >= 0.6 is 22.6 Å². The minimum absolute atomic E-state index is 0.230. The van der Waals surface area contributed by atoms with Crippen molar-refractivity contribution in [2.75, 3.05) is 33.3 Å². The maximum Gasteiger partial charge on any atom is 0.261 e. The molecule has 9 heteroatoms. The molecule has 0 spiro atoms. The van der Waals surface area contributed by atoms with Gasteiger partial charge in [0.15, 0.2) is 0 Å². The molecule has 1 aromatic heterocycles. The molecule has 2 amide bonds. The summed E-state index contributed by atoms with van der Waals surface area (Å²) in [6.07, 6.45) is 4.87. The van der Waals surface area contributed by atoms with Crippen molar-refractivity contribution in [2.24, 2.45) is 10.7 Å². The number of methoxy groups -OCH3 is 1. The number of likely N-dealkylation sites (tertiary alicyclic amines) is 1. The smallest absolute Gasteiger partial charge is 0.261 e. The van der Waals surface area contributed by atoms with Crippen molar-refractivity contribution >= 4 is 45.9 Å². The van der Waals surface area contributed by atoms with E-state index in [4.69, 9.17) is 10.5 Å². The average molecular weight is 533 g/mol. The van der Waals surface area contributed by atoms with Crippen molar-refractivity contribution in [3.8, 4) is 5.88 Å². The van der Waals surface area contributed by atoms with Gasteiger partial charge in [0.1, 0.15) is 5.84 Å². The van der Waals surface area contributed by atoms with Gasteiger partial charge in [-0.3, -0.25) is 14.5 Å². The Morgan fingerprint density at radius 2 is 1.90 bits per heavy atom. The molecule has 1 fully saturated rings. The minimum Gasteiger partial charge on any atom is -0.480 e. The van der Waals surface area contributed by atoms with Crippen LogP contribution in [0.15, 0.2) is 35.5 Å². The summed E-state index contributed by atoms with van der Waals surface area (Å²) in [4.78, 5) is 37.9. The predicted molar refractivity (Wildman–Crippen MR) is 126 cm³/mol. The maximum absolute atomic E-state index is 12.9. The SMILES string of the molecule is COc1nccc(I)c1C(N)=Nc1ccc2c(c1)C(=O)N(CCCN1CCCC1)C2=O. The van der Waals surface area contributed by atoms with Crippen LogP contribution in [0.5, 0.6) is 5.88 Å². The van der Waals surface area contributed by atoms with E-state index in [0.29, 0.717) is 34.8 Å². The van der Waals surface area contributed by atoms with E-state index in [-0.39, 0.29) is 17.6 Å². The van der Waals surface area contributed by atoms with Gasteiger partial charge in [-0.25, -0.2) is 9.98 Å². The van der Waals surface area contributed by atoms with Gasteiger partial charge in [0, 0.05) is 16.3 Å². The summed E-state index contributed by atoms with van der Waals surface area (Å²) in [6, 6.07) is 6.78. The number of pyridine rings is 1. The van der Waals surface area contributed by atoms with Crippen molar-refractivity contribution in [1.29, 1.82) is 0 Å². The molecule has 0 atom stereocenters. The number of fused-ring (bicyclic) bond motifs is 1. The van der Waals surface area contributed by atoms with Crippen LogP contribution in [0.4, 0.5) is 5.69 Å². The fourth-order valence-corrected chi connectivity index (χ4v) is 4.68. The number of imide groups is 1. The molecule has 31 heavy (non-hydrogen) atoms. The molecule has 2 N–H and O–H groups in total. The number of carbonyl (C=O) groups excluding carboxylic acids is 2. The first-order chi connectivity index (χ1) is 15.0. The van der Waals surface area contributed by atoms with Crippen molar-refractivity contribution in [2.45, 2.75) is 19.3 Å². The zero-order valence-electron chi connectivity index (χ0n) is 17.3. The second kappa shape index (κ2) is 9.31. The molecule has 0 saturated carbocycles. The Morgan fingerprint density at radius 3 is 2.65 bits per heavy atom. The molecule has 1 saturated heterocycles. The van der Waals surface area contributed by atoms with Crippen LogP contribution in [-0.4, -0.2) is 65.7 Å². The Balaban J connectivity index is 1.52. The molecule has 1 aromatic carbocycles. The monoisotopic (exact) mass is 533 g/mol. The van der Waals surface area contributed by atoms with Gasteiger partial charge in [-0.05, 0) is 85.8 Å². The van der Waals surface area contributed by atoms with Crippen molar-refractivity contribution in [3.05, 3.63) is 50.7 Å². The van der Waals surface area contributed by atoms with Gasteiger partial charge in [0.2, 0.25) is 5.88 Å². The number of nitrogens with zero attached hydrogens (tertiary/aromatic N) is 4. The normalized spacial score (nSPS) is 16.8. The zero-order valence-corrected chi connectivity index (χ0v) is 19.5. The second-order valence-corrected chi connectivity index (χ2v) is 8.73. The summed E-state index contributed by atoms with van der Waals surface area (Å²) in [6.45, 7) is 3.54. The Hall–Kier alpha value is -2.53. The molecule has 2 aliphatic heterocycles. The number of nitrogens with two attached hydrogens (primary N) is 1. The quantitative estimate of drug-likeness (QED) is 0.254. The first kappa shape index (κ1) is 21.7. The standard InChI is InChI=1S/C22H24IN5O3/c1-31-20-18(17(23)7-8-25-20)19(24)26-14-5-6-15-16(13-14)22(30)28(21(15)29)12-4-11-27-9-2-3-10-27/h5-8,13H,2-4,9-12H2,1H3,(H2,24,26). The minimum atomic E-state index is -0.273. The summed E-state index contributed by atoms with van der Waals surface area (Å²) in [5.41, 5.74) is 8.10. The van der Waals surface area contributed by atoms with Crippen molar-refractivity contribution < 1.29 is 14.3 Å². The highest BCUT2D eigenvalue weighted by Gasteiger charge is 2.35. The van der Waals surface area contributed by atoms with E-state index in [9.17, 15) is 9.59 Å². The number of amidine groups is 1. The lowest BCUT2D eigenvalue weighted by Crippen LogP contribution is -2.33. The fourth-order valence-electron chi connectivity index (χ4n) is 4.01. The third-order valence-corrected chi connectivity index (χ3v) is 6.47. The van der Waals surface area contributed by atoms with E-state index in [0.717, 1.165) is 29.6 Å². The lowest BCUT2D eigenvalue weighted by Gasteiger charge is -2.17. The summed E-state index contributed by atoms with van der Waals surface area (Å²) >= 11 is 2.14. The highest BCUT2D eigenvalue weighted by molar-refractivity contribution is 14.1. The number of benzene rings is 1. The Bertz CT molecular complexity index is 1050. The number of rotatable bonds is 7. The molecule has 162 valence electrons. The van der Waals surface area contributed by atoms with Gasteiger partial charge >= 0.3 is 0 Å². The molecule has 3 heterocycles. The van der Waals surface area contributed by atoms with Gasteiger partial charge in [0.05, 0.1) is 29.5 Å². The molecule has 0 bridgehead atoms. The van der Waals surface area contributed by atoms with Crippen LogP contribution in [0.2, 0.25) is 0 Å². The number of carbonyl (C=O) groups is 2. The van der Waals surface area contributed by atoms with Crippen molar-refractivity contribution in [3.63, 3.8) is 0 Å². The third kappa shape index (κ3) is 4.42. The number of halogens is 1. The average Bonchev–Trinajstić information content (AvgIpc) is 3.36. The van der Waals surface area contributed by atoms with Crippen LogP contribution in [0, 0.1) is 3.57 Å². The number of amides is 2. The van der Waals surface area contributed by atoms with Gasteiger partial charge in [-0.15, -0.1) is 0 Å². The van der Waals surface area contributed by atoms with Crippen LogP contribution < -0.4 is 10.5 Å². The summed E-state index contributed by atoms with van der Waals surface area (Å²) < 4.78 is 6.14. The van der Waals surface area contributed by atoms with Crippen LogP contribution in [0.25, 0.3) is 0 Å². The topological polar surface area (TPSA) is 101 Å². The molecular formula is C22H24IN5O3. The second-order valence-electron chi connectivity index (χ2n) is 7.57. The molecule has 0 radical (unpaired) electrons. The highest BCUT2D eigenvalue weighted by atomic mass is 127. The first-order valence-corrected chi connectivity index (χ1v) is 11.3. The van der Waals surface area contributed by atoms with E-state index in [1.54, 1.807) is 24.4 Å². The van der Waals surface area contributed by atoms with E-state index in [1.165, 1.54) is 24.9 Å². The van der Waals surface area contributed by atoms with Gasteiger partial charge in [-0.1, -0.05) is 0 Å². The van der Waals surface area contributed by atoms with E-state index < -0.39 is 0 Å². The number of aromatic nitrogens is 1. The Kier molecular flexibility index (Phi) is 6.51. The highest BCUT2D eigenvalue weighted by Crippen LogP contribution is 2.28. The third-order valence-electron chi connectivity index (χ3n) is 5.57. The molecule has 2 aromatic rings. The van der Waals surface area contributed by atoms with Crippen LogP contribution in [0.1, 0.15) is 45.5 Å². The number of ether oxygens (including phenoxy) is 1. The predicted octanol–water partition coefficient (Wildman–Crippen LogP) is 2.81. The first-order valence-electron chi connectivity index (χ1n) is 10.2. The van der Waals surface area contributed by atoms with Crippen LogP contribution in [0.3, 0.4) is 0 Å². The lowest BCUT2D eigenvalue weighted by molar-refractivity contribution is 0.0648. The molecular weight excluding hydrogens is 509 g/mol. The molecule has 4 rings (SSSR count). The zero-order chi connectivity index (χ0) is 22.0. The van der Waals surface area contributed by atoms with Gasteiger partial charge < -0.3 is 15.4 Å². The Labute approximate surface area is 194 Å². The Morgan fingerprint density at radius 1 is 1.16 bits per heavy atom. The number of hydrogen-bond acceptors (Lipinski definition) is 6. The molecule has 0 unspecified atom stereocenters. The largest absolute Gasteiger partial charge is 0.480 e. The van der Waals surface area contributed by atoms with Gasteiger partial charge in [0.25, 0.3) is 11.8 Å². The maximum atomic E-state index is 12.9. The molecule has 8 nitrogen and oxygen atoms in total. The summed E-state index contributed by atoms with van der Waals surface area (Å²) in [5.74, 6) is 0.0947. The molecule has 0 aliphatic carbocycles. The molecule has 2 aliphatic rings. The van der Waals surface area contributed by atoms with E-state index >= 15 is 0 Å². The van der Waals surface area contributed by atoms with Gasteiger partial charge in [-0.2, -0.15) is 0 Å². The van der Waals surface area contributed by atoms with E-state index in [1.807, 2.05) is 6.07 Å². The van der Waals surface area contributed by atoms with E-state index in [2.05, 4.69) is 37.5 Å². The summed E-state index contributed by atoms with van der Waals surface area (Å²) in [7, 11) is 1.52. The fraction of sp³-hybridized carbons (Fsp3) is 0.364. The number of hydrogen-bond donors (Lipinski definition) is 1.